The van der Waals surface area contributed by atoms with Crippen LogP contribution in [0.1, 0.15) is 63.5 Å². The standard InChI is InChI=1S/C24H31N3O4/c1-3-14-10-11-17-16(12-14)24(23(31)25-17)19-18(20(26-24)13(2)28)21(29)27(22(19)30)15-8-6-4-5-7-9-15/h10-13,15,18-20,26,28H,3-9H2,1-2H3,(H,25,31)/t13?,18-,19-,20?,24?/m1/s1. The Morgan fingerprint density at radius 2 is 1.84 bits per heavy atom. The van der Waals surface area contributed by atoms with Crippen LogP contribution in [0.4, 0.5) is 5.69 Å². The molecular formula is C24H31N3O4. The molecule has 3 heterocycles. The molecule has 3 N–H and O–H groups in total. The number of fused-ring (bicyclic) bond motifs is 4. The van der Waals surface area contributed by atoms with Gasteiger partial charge in [-0.25, -0.2) is 0 Å². The maximum absolute atomic E-state index is 13.9. The SMILES string of the molecule is CCc1ccc2c(c1)C1(NC(C(C)O)[C@@H]3C(=O)N(C4CCCCCC4)C(=O)[C@@H]31)C(=O)N2. The number of nitrogens with one attached hydrogen (secondary N) is 2. The molecule has 4 aliphatic rings. The van der Waals surface area contributed by atoms with E-state index in [9.17, 15) is 19.5 Å². The first kappa shape index (κ1) is 20.6. The van der Waals surface area contributed by atoms with Gasteiger partial charge in [-0.2, -0.15) is 0 Å². The molecule has 0 radical (unpaired) electrons. The van der Waals surface area contributed by atoms with Crippen molar-refractivity contribution in [2.24, 2.45) is 11.8 Å². The molecule has 31 heavy (non-hydrogen) atoms. The van der Waals surface area contributed by atoms with Crippen LogP contribution in [0.15, 0.2) is 18.2 Å². The largest absolute Gasteiger partial charge is 0.392 e. The van der Waals surface area contributed by atoms with Crippen molar-refractivity contribution in [1.29, 1.82) is 0 Å². The molecule has 5 atom stereocenters. The average Bonchev–Trinajstić information content (AvgIpc) is 3.23. The number of likely N-dealkylation sites (tertiary alicyclic amines) is 1. The Morgan fingerprint density at radius 1 is 1.13 bits per heavy atom. The summed E-state index contributed by atoms with van der Waals surface area (Å²) in [6, 6.07) is 5.05. The number of imide groups is 1. The summed E-state index contributed by atoms with van der Waals surface area (Å²) in [4.78, 5) is 42.4. The molecule has 1 spiro atoms. The van der Waals surface area contributed by atoms with E-state index in [0.29, 0.717) is 5.69 Å². The number of nitrogens with zero attached hydrogens (tertiary/aromatic N) is 1. The van der Waals surface area contributed by atoms with Gasteiger partial charge in [-0.1, -0.05) is 44.7 Å². The number of carbonyl (C=O) groups excluding carboxylic acids is 3. The highest BCUT2D eigenvalue weighted by atomic mass is 16.3. The van der Waals surface area contributed by atoms with Crippen molar-refractivity contribution in [2.45, 2.75) is 82.5 Å². The van der Waals surface area contributed by atoms with E-state index in [4.69, 9.17) is 0 Å². The Kier molecular flexibility index (Phi) is 4.94. The molecule has 0 aromatic heterocycles. The van der Waals surface area contributed by atoms with Crippen molar-refractivity contribution in [1.82, 2.24) is 10.2 Å². The van der Waals surface area contributed by atoms with E-state index >= 15 is 0 Å². The highest BCUT2D eigenvalue weighted by Crippen LogP contribution is 2.54. The maximum atomic E-state index is 13.9. The maximum Gasteiger partial charge on any atom is 0.250 e. The predicted octanol–water partition coefficient (Wildman–Crippen LogP) is 2.07. The lowest BCUT2D eigenvalue weighted by molar-refractivity contribution is -0.146. The normalized spacial score (nSPS) is 34.1. The van der Waals surface area contributed by atoms with Crippen molar-refractivity contribution in [3.05, 3.63) is 29.3 Å². The Morgan fingerprint density at radius 3 is 2.48 bits per heavy atom. The van der Waals surface area contributed by atoms with Gasteiger partial charge in [-0.15, -0.1) is 0 Å². The summed E-state index contributed by atoms with van der Waals surface area (Å²) in [6.07, 6.45) is 5.82. The monoisotopic (exact) mass is 425 g/mol. The summed E-state index contributed by atoms with van der Waals surface area (Å²) in [6.45, 7) is 3.66. The van der Waals surface area contributed by atoms with Crippen molar-refractivity contribution in [2.75, 3.05) is 5.32 Å². The van der Waals surface area contributed by atoms with Gasteiger partial charge in [0.2, 0.25) is 17.7 Å². The molecule has 1 saturated carbocycles. The third-order valence-corrected chi connectivity index (χ3v) is 7.87. The number of anilines is 1. The van der Waals surface area contributed by atoms with Crippen molar-refractivity contribution >= 4 is 23.4 Å². The van der Waals surface area contributed by atoms with Crippen LogP contribution >= 0.6 is 0 Å². The fourth-order valence-electron chi connectivity index (χ4n) is 6.31. The molecular weight excluding hydrogens is 394 g/mol. The number of benzene rings is 1. The van der Waals surface area contributed by atoms with Crippen LogP contribution in [0.2, 0.25) is 0 Å². The molecule has 2 saturated heterocycles. The zero-order valence-electron chi connectivity index (χ0n) is 18.2. The van der Waals surface area contributed by atoms with E-state index in [2.05, 4.69) is 10.6 Å². The van der Waals surface area contributed by atoms with Gasteiger partial charge >= 0.3 is 0 Å². The van der Waals surface area contributed by atoms with Gasteiger partial charge in [-0.3, -0.25) is 24.6 Å². The number of rotatable bonds is 3. The third kappa shape index (κ3) is 2.82. The molecule has 5 rings (SSSR count). The van der Waals surface area contributed by atoms with E-state index in [1.54, 1.807) is 6.92 Å². The van der Waals surface area contributed by atoms with Crippen LogP contribution < -0.4 is 10.6 Å². The zero-order chi connectivity index (χ0) is 21.9. The van der Waals surface area contributed by atoms with Crippen LogP contribution in [0.25, 0.3) is 0 Å². The Hall–Kier alpha value is -2.25. The quantitative estimate of drug-likeness (QED) is 0.509. The summed E-state index contributed by atoms with van der Waals surface area (Å²) in [5.74, 6) is -2.38. The molecule has 7 heteroatoms. The molecule has 3 unspecified atom stereocenters. The number of aryl methyl sites for hydroxylation is 1. The fourth-order valence-corrected chi connectivity index (χ4v) is 6.31. The molecule has 3 aliphatic heterocycles. The molecule has 0 bridgehead atoms. The number of hydrogen-bond donors (Lipinski definition) is 3. The van der Waals surface area contributed by atoms with Gasteiger partial charge in [0.25, 0.3) is 0 Å². The van der Waals surface area contributed by atoms with Gasteiger partial charge in [0, 0.05) is 23.3 Å². The van der Waals surface area contributed by atoms with E-state index in [1.807, 2.05) is 25.1 Å². The summed E-state index contributed by atoms with van der Waals surface area (Å²) >= 11 is 0. The molecule has 7 nitrogen and oxygen atoms in total. The zero-order valence-corrected chi connectivity index (χ0v) is 18.2. The minimum atomic E-state index is -1.32. The van der Waals surface area contributed by atoms with Crippen LogP contribution in [0.5, 0.6) is 0 Å². The predicted molar refractivity (Wildman–Crippen MR) is 115 cm³/mol. The lowest BCUT2D eigenvalue weighted by atomic mass is 9.76. The fraction of sp³-hybridized carbons (Fsp3) is 0.625. The van der Waals surface area contributed by atoms with E-state index in [1.165, 1.54) is 4.90 Å². The van der Waals surface area contributed by atoms with Gasteiger partial charge in [0.15, 0.2) is 0 Å². The van der Waals surface area contributed by atoms with Crippen LogP contribution in [0.3, 0.4) is 0 Å². The van der Waals surface area contributed by atoms with Gasteiger partial charge < -0.3 is 10.4 Å². The average molecular weight is 426 g/mol. The van der Waals surface area contributed by atoms with Crippen molar-refractivity contribution in [3.63, 3.8) is 0 Å². The number of aliphatic hydroxyl groups is 1. The highest BCUT2D eigenvalue weighted by Gasteiger charge is 2.71. The summed E-state index contributed by atoms with van der Waals surface area (Å²) in [5, 5.41) is 16.8. The first-order valence-corrected chi connectivity index (χ1v) is 11.7. The molecule has 1 aromatic rings. The van der Waals surface area contributed by atoms with Crippen molar-refractivity contribution in [3.8, 4) is 0 Å². The first-order valence-electron chi connectivity index (χ1n) is 11.7. The van der Waals surface area contributed by atoms with E-state index in [-0.39, 0.29) is 23.8 Å². The van der Waals surface area contributed by atoms with Gasteiger partial charge in [0.05, 0.1) is 17.9 Å². The summed E-state index contributed by atoms with van der Waals surface area (Å²) < 4.78 is 0. The molecule has 3 amide bonds. The highest BCUT2D eigenvalue weighted by molar-refractivity contribution is 6.15. The number of aliphatic hydroxyl groups excluding tert-OH is 1. The minimum absolute atomic E-state index is 0.106. The van der Waals surface area contributed by atoms with Gasteiger partial charge in [0.1, 0.15) is 5.54 Å². The minimum Gasteiger partial charge on any atom is -0.392 e. The Labute approximate surface area is 182 Å². The molecule has 1 aromatic carbocycles. The second-order valence-electron chi connectivity index (χ2n) is 9.60. The van der Waals surface area contributed by atoms with E-state index < -0.39 is 29.5 Å². The van der Waals surface area contributed by atoms with Crippen LogP contribution in [-0.2, 0) is 26.3 Å². The van der Waals surface area contributed by atoms with E-state index in [0.717, 1.165) is 56.1 Å². The summed E-state index contributed by atoms with van der Waals surface area (Å²) in [5.41, 5.74) is 1.14. The number of amides is 3. The number of carbonyl (C=O) groups is 3. The Balaban J connectivity index is 1.63. The third-order valence-electron chi connectivity index (χ3n) is 7.87. The molecule has 3 fully saturated rings. The molecule has 166 valence electrons. The lowest BCUT2D eigenvalue weighted by Gasteiger charge is -2.32. The number of hydrogen-bond acceptors (Lipinski definition) is 5. The first-order chi connectivity index (χ1) is 14.9. The molecule has 1 aliphatic carbocycles. The van der Waals surface area contributed by atoms with Gasteiger partial charge in [-0.05, 0) is 37.8 Å². The van der Waals surface area contributed by atoms with Crippen LogP contribution in [-0.4, -0.2) is 45.9 Å². The summed E-state index contributed by atoms with van der Waals surface area (Å²) in [7, 11) is 0. The Bertz CT molecular complexity index is 937. The van der Waals surface area contributed by atoms with Crippen molar-refractivity contribution < 1.29 is 19.5 Å². The second-order valence-corrected chi connectivity index (χ2v) is 9.60. The lowest BCUT2D eigenvalue weighted by Crippen LogP contribution is -2.55. The topological polar surface area (TPSA) is 98.7 Å². The second kappa shape index (κ2) is 7.41. The van der Waals surface area contributed by atoms with Crippen LogP contribution in [0, 0.1) is 11.8 Å². The smallest absolute Gasteiger partial charge is 0.250 e.